The minimum absolute atomic E-state index is 0.0338. The van der Waals surface area contributed by atoms with Crippen LogP contribution in [-0.4, -0.2) is 75.5 Å². The molecule has 0 radical (unpaired) electrons. The Morgan fingerprint density at radius 2 is 0.918 bits per heavy atom. The van der Waals surface area contributed by atoms with Crippen molar-refractivity contribution in [1.29, 1.82) is 0 Å². The third-order valence-electron chi connectivity index (χ3n) is 11.2. The molecule has 0 bridgehead atoms. The molecule has 0 aliphatic rings. The summed E-state index contributed by atoms with van der Waals surface area (Å²) < 4.78 is 17.2. The molecule has 0 fully saturated rings. The van der Waals surface area contributed by atoms with Crippen LogP contribution in [0.25, 0.3) is 0 Å². The van der Waals surface area contributed by atoms with Crippen LogP contribution in [0.5, 0.6) is 0 Å². The van der Waals surface area contributed by atoms with Gasteiger partial charge in [-0.3, -0.25) is 9.59 Å². The quantitative estimate of drug-likeness (QED) is 0.0260. The van der Waals surface area contributed by atoms with Crippen molar-refractivity contribution >= 4 is 17.9 Å². The largest absolute Gasteiger partial charge is 0.544 e. The predicted octanol–water partition coefficient (Wildman–Crippen LogP) is 13.0. The predicted molar refractivity (Wildman–Crippen MR) is 254 cm³/mol. The first-order chi connectivity index (χ1) is 29.6. The van der Waals surface area contributed by atoms with E-state index in [1.54, 1.807) is 21.1 Å². The lowest BCUT2D eigenvalue weighted by Gasteiger charge is -2.34. The Hall–Kier alpha value is -2.71. The van der Waals surface area contributed by atoms with E-state index in [-0.39, 0.29) is 42.7 Å². The van der Waals surface area contributed by atoms with Gasteiger partial charge in [-0.15, -0.1) is 0 Å². The highest BCUT2D eigenvalue weighted by Crippen LogP contribution is 2.15. The topological polar surface area (TPSA) is 102 Å². The summed E-state index contributed by atoms with van der Waals surface area (Å²) in [5, 5.41) is 11.7. The number of ether oxygens (including phenoxy) is 3. The molecule has 2 unspecified atom stereocenters. The fourth-order valence-electron chi connectivity index (χ4n) is 7.32. The normalized spacial score (nSPS) is 13.3. The zero-order chi connectivity index (χ0) is 44.9. The van der Waals surface area contributed by atoms with Crippen molar-refractivity contribution in [2.45, 2.75) is 231 Å². The first kappa shape index (κ1) is 58.3. The Bertz CT molecular complexity index is 1140. The van der Waals surface area contributed by atoms with Gasteiger partial charge in [0.15, 0.2) is 6.10 Å². The molecule has 8 heteroatoms. The summed E-state index contributed by atoms with van der Waals surface area (Å²) in [6, 6.07) is -0.730. The van der Waals surface area contributed by atoms with Crippen molar-refractivity contribution in [3.63, 3.8) is 0 Å². The van der Waals surface area contributed by atoms with Crippen LogP contribution in [0.3, 0.4) is 0 Å². The molecule has 0 amide bonds. The van der Waals surface area contributed by atoms with Crippen LogP contribution in [0.15, 0.2) is 48.6 Å². The van der Waals surface area contributed by atoms with Crippen LogP contribution in [0.1, 0.15) is 219 Å². The van der Waals surface area contributed by atoms with Gasteiger partial charge in [-0.1, -0.05) is 178 Å². The van der Waals surface area contributed by atoms with Gasteiger partial charge in [0.1, 0.15) is 12.6 Å². The smallest absolute Gasteiger partial charge is 0.306 e. The number of rotatable bonds is 45. The number of esters is 2. The number of carboxylic acid groups (broad SMARTS) is 1. The van der Waals surface area contributed by atoms with E-state index in [9.17, 15) is 19.5 Å². The van der Waals surface area contributed by atoms with Crippen molar-refractivity contribution in [2.24, 2.45) is 0 Å². The number of aliphatic carboxylic acids is 1. The number of likely N-dealkylation sites (N-methyl/N-ethyl adjacent to an activating group) is 1. The maximum atomic E-state index is 12.8. The molecule has 0 aromatic heterocycles. The van der Waals surface area contributed by atoms with E-state index >= 15 is 0 Å². The molecule has 2 atom stereocenters. The minimum Gasteiger partial charge on any atom is -0.544 e. The minimum atomic E-state index is -1.13. The van der Waals surface area contributed by atoms with Crippen LogP contribution >= 0.6 is 0 Å². The lowest BCUT2D eigenvalue weighted by molar-refractivity contribution is -0.889. The summed E-state index contributed by atoms with van der Waals surface area (Å²) in [6.45, 7) is 4.55. The van der Waals surface area contributed by atoms with E-state index in [1.165, 1.54) is 116 Å². The van der Waals surface area contributed by atoms with Gasteiger partial charge in [0.25, 0.3) is 0 Å². The Morgan fingerprint density at radius 1 is 0.508 bits per heavy atom. The summed E-state index contributed by atoms with van der Waals surface area (Å²) in [5.41, 5.74) is 0. The number of carbonyl (C=O) groups excluding carboxylic acids is 3. The molecule has 0 aromatic carbocycles. The van der Waals surface area contributed by atoms with Crippen molar-refractivity contribution in [2.75, 3.05) is 41.0 Å². The Kier molecular flexibility index (Phi) is 42.0. The molecule has 0 aliphatic heterocycles. The van der Waals surface area contributed by atoms with E-state index in [1.807, 2.05) is 0 Å². The summed E-state index contributed by atoms with van der Waals surface area (Å²) >= 11 is 0. The number of nitrogens with zero attached hydrogens (tertiary/aromatic N) is 1. The van der Waals surface area contributed by atoms with Crippen LogP contribution in [0.4, 0.5) is 0 Å². The molecule has 8 nitrogen and oxygen atoms in total. The van der Waals surface area contributed by atoms with Gasteiger partial charge >= 0.3 is 11.9 Å². The SMILES string of the molecule is CC/C=C/C/C=C/C/C=C/CCCCCCCCC(=O)OC(COCCC(C(=O)[O-])[N+](C)(C)C)COC(=O)CCCCCCCCC/C=C/CCCCCCCCCCCC. The molecular formula is C53H95NO7. The molecule has 0 spiro atoms. The fraction of sp³-hybridized carbons (Fsp3) is 0.792. The molecule has 0 saturated carbocycles. The van der Waals surface area contributed by atoms with E-state index in [4.69, 9.17) is 14.2 Å². The zero-order valence-corrected chi connectivity index (χ0v) is 40.3. The van der Waals surface area contributed by atoms with E-state index < -0.39 is 18.1 Å². The molecule has 0 N–H and O–H groups in total. The standard InChI is InChI=1S/C53H95NO7/c1-6-8-10-12-14-16-18-20-22-24-25-26-27-28-30-31-33-35-37-39-41-43-51(55)60-48-49(47-59-46-45-50(53(57)58)54(3,4)5)61-52(56)44-42-40-38-36-34-32-29-23-21-19-17-15-13-11-9-7-2/h9,11,15,17,21,23,26-27,49-50H,6-8,10,12-14,16,18-20,22,24-25,28-48H2,1-5H3/b11-9+,17-15+,23-21+,27-26+. The average molecular weight is 858 g/mol. The van der Waals surface area contributed by atoms with Gasteiger partial charge in [-0.25, -0.2) is 0 Å². The summed E-state index contributed by atoms with van der Waals surface area (Å²) in [4.78, 5) is 37.0. The molecule has 0 heterocycles. The molecule has 0 rings (SSSR count). The lowest BCUT2D eigenvalue weighted by Crippen LogP contribution is -2.55. The first-order valence-electron chi connectivity index (χ1n) is 25.2. The Morgan fingerprint density at radius 3 is 1.38 bits per heavy atom. The number of hydrogen-bond acceptors (Lipinski definition) is 7. The number of carbonyl (C=O) groups is 3. The third-order valence-corrected chi connectivity index (χ3v) is 11.2. The highest BCUT2D eigenvalue weighted by Gasteiger charge is 2.25. The van der Waals surface area contributed by atoms with Gasteiger partial charge in [-0.05, 0) is 70.6 Å². The van der Waals surface area contributed by atoms with Crippen LogP contribution in [0, 0.1) is 0 Å². The van der Waals surface area contributed by atoms with Crippen LogP contribution < -0.4 is 5.11 Å². The van der Waals surface area contributed by atoms with Crippen molar-refractivity contribution < 1.29 is 38.2 Å². The first-order valence-corrected chi connectivity index (χ1v) is 25.2. The zero-order valence-electron chi connectivity index (χ0n) is 40.3. The van der Waals surface area contributed by atoms with Gasteiger partial charge in [0, 0.05) is 19.3 Å². The maximum Gasteiger partial charge on any atom is 0.306 e. The second kappa shape index (κ2) is 43.9. The lowest BCUT2D eigenvalue weighted by atomic mass is 10.1. The second-order valence-corrected chi connectivity index (χ2v) is 18.0. The van der Waals surface area contributed by atoms with Gasteiger partial charge < -0.3 is 28.6 Å². The molecule has 0 aromatic rings. The molecule has 61 heavy (non-hydrogen) atoms. The van der Waals surface area contributed by atoms with E-state index in [0.717, 1.165) is 70.6 Å². The number of unbranched alkanes of at least 4 members (excludes halogenated alkanes) is 23. The van der Waals surface area contributed by atoms with Gasteiger partial charge in [0.2, 0.25) is 0 Å². The number of quaternary nitrogens is 1. The molecule has 0 saturated heterocycles. The van der Waals surface area contributed by atoms with Gasteiger partial charge in [0.05, 0.1) is 40.3 Å². The molecule has 0 aliphatic carbocycles. The number of hydrogen-bond donors (Lipinski definition) is 0. The monoisotopic (exact) mass is 858 g/mol. The number of carboxylic acids is 1. The summed E-state index contributed by atoms with van der Waals surface area (Å²) in [5.74, 6) is -1.75. The maximum absolute atomic E-state index is 12.8. The van der Waals surface area contributed by atoms with Crippen molar-refractivity contribution in [3.8, 4) is 0 Å². The highest BCUT2D eigenvalue weighted by atomic mass is 16.6. The third kappa shape index (κ3) is 42.4. The fourth-order valence-corrected chi connectivity index (χ4v) is 7.32. The summed E-state index contributed by atoms with van der Waals surface area (Å²) in [7, 11) is 5.41. The van der Waals surface area contributed by atoms with Gasteiger partial charge in [-0.2, -0.15) is 0 Å². The van der Waals surface area contributed by atoms with Crippen molar-refractivity contribution in [3.05, 3.63) is 48.6 Å². The average Bonchev–Trinajstić information content (AvgIpc) is 3.22. The van der Waals surface area contributed by atoms with Crippen molar-refractivity contribution in [1.82, 2.24) is 0 Å². The summed E-state index contributed by atoms with van der Waals surface area (Å²) in [6.07, 6.45) is 52.8. The molecular weight excluding hydrogens is 763 g/mol. The van der Waals surface area contributed by atoms with Crippen LogP contribution in [0.2, 0.25) is 0 Å². The molecule has 354 valence electrons. The van der Waals surface area contributed by atoms with Crippen LogP contribution in [-0.2, 0) is 28.6 Å². The highest BCUT2D eigenvalue weighted by molar-refractivity contribution is 5.70. The second-order valence-electron chi connectivity index (χ2n) is 18.0. The van der Waals surface area contributed by atoms with E-state index in [2.05, 4.69) is 62.5 Å². The Labute approximate surface area is 376 Å². The number of allylic oxidation sites excluding steroid dienone is 8. The Balaban J connectivity index is 4.25. The van der Waals surface area contributed by atoms with E-state index in [0.29, 0.717) is 12.8 Å².